The molecule has 0 saturated heterocycles. The standard InChI is InChI=1S/C14H14N4OS2/c1-2-8(9-4-3-7-20-9)18-13(19)12-10(15)11-14(21-12)17-6-5-16-11/h3-8H,2,15H2,1H3,(H,18,19). The molecule has 3 aromatic heterocycles. The molecule has 1 atom stereocenters. The molecule has 0 radical (unpaired) electrons. The zero-order valence-corrected chi connectivity index (χ0v) is 13.0. The summed E-state index contributed by atoms with van der Waals surface area (Å²) in [6, 6.07) is 4.01. The van der Waals surface area contributed by atoms with Crippen LogP contribution in [-0.2, 0) is 0 Å². The number of nitrogen functional groups attached to an aromatic ring is 1. The summed E-state index contributed by atoms with van der Waals surface area (Å²) in [5, 5.41) is 5.04. The number of fused-ring (bicyclic) bond motifs is 1. The molecule has 108 valence electrons. The first-order valence-corrected chi connectivity index (χ1v) is 8.23. The summed E-state index contributed by atoms with van der Waals surface area (Å²) in [5.74, 6) is -0.169. The molecule has 3 rings (SSSR count). The number of carbonyl (C=O) groups is 1. The maximum atomic E-state index is 12.5. The summed E-state index contributed by atoms with van der Waals surface area (Å²) < 4.78 is 0. The van der Waals surface area contributed by atoms with Crippen molar-refractivity contribution in [3.05, 3.63) is 39.7 Å². The molecule has 3 aromatic rings. The summed E-state index contributed by atoms with van der Waals surface area (Å²) in [4.78, 5) is 23.1. The topological polar surface area (TPSA) is 80.9 Å². The monoisotopic (exact) mass is 318 g/mol. The average Bonchev–Trinajstić information content (AvgIpc) is 3.13. The highest BCUT2D eigenvalue weighted by molar-refractivity contribution is 7.21. The third-order valence-electron chi connectivity index (χ3n) is 3.17. The molecule has 0 aliphatic carbocycles. The van der Waals surface area contributed by atoms with Gasteiger partial charge < -0.3 is 11.1 Å². The SMILES string of the molecule is CCC(NC(=O)c1sc2nccnc2c1N)c1cccs1. The smallest absolute Gasteiger partial charge is 0.264 e. The van der Waals surface area contributed by atoms with E-state index in [0.29, 0.717) is 20.9 Å². The van der Waals surface area contributed by atoms with Crippen LogP contribution in [0.5, 0.6) is 0 Å². The van der Waals surface area contributed by atoms with Crippen LogP contribution < -0.4 is 11.1 Å². The van der Waals surface area contributed by atoms with Crippen LogP contribution in [0.3, 0.4) is 0 Å². The van der Waals surface area contributed by atoms with Crippen molar-refractivity contribution < 1.29 is 4.79 Å². The number of thiophene rings is 2. The molecule has 3 heterocycles. The summed E-state index contributed by atoms with van der Waals surface area (Å²) in [5.41, 5.74) is 7.02. The summed E-state index contributed by atoms with van der Waals surface area (Å²) >= 11 is 2.91. The lowest BCUT2D eigenvalue weighted by atomic mass is 10.2. The van der Waals surface area contributed by atoms with Crippen molar-refractivity contribution in [3.63, 3.8) is 0 Å². The molecular formula is C14H14N4OS2. The first-order valence-electron chi connectivity index (χ1n) is 6.54. The lowest BCUT2D eigenvalue weighted by molar-refractivity contribution is 0.0941. The second-order valence-electron chi connectivity index (χ2n) is 4.50. The maximum Gasteiger partial charge on any atom is 0.264 e. The van der Waals surface area contributed by atoms with Crippen LogP contribution in [0.2, 0.25) is 0 Å². The van der Waals surface area contributed by atoms with Crippen LogP contribution >= 0.6 is 22.7 Å². The second-order valence-corrected chi connectivity index (χ2v) is 6.48. The molecule has 1 amide bonds. The number of nitrogens with one attached hydrogen (secondary N) is 1. The van der Waals surface area contributed by atoms with Gasteiger partial charge in [-0.25, -0.2) is 9.97 Å². The molecule has 0 spiro atoms. The Labute approximate surface area is 129 Å². The molecule has 0 bridgehead atoms. The summed E-state index contributed by atoms with van der Waals surface area (Å²) in [7, 11) is 0. The molecule has 0 aliphatic heterocycles. The molecule has 0 fully saturated rings. The van der Waals surface area contributed by atoms with E-state index in [1.807, 2.05) is 24.4 Å². The molecule has 3 N–H and O–H groups in total. The van der Waals surface area contributed by atoms with Crippen LogP contribution in [0.25, 0.3) is 10.3 Å². The van der Waals surface area contributed by atoms with Crippen molar-refractivity contribution in [2.45, 2.75) is 19.4 Å². The Morgan fingerprint density at radius 2 is 2.24 bits per heavy atom. The Morgan fingerprint density at radius 3 is 2.90 bits per heavy atom. The molecule has 0 aromatic carbocycles. The molecule has 1 unspecified atom stereocenters. The number of rotatable bonds is 4. The highest BCUT2D eigenvalue weighted by atomic mass is 32.1. The van der Waals surface area contributed by atoms with Gasteiger partial charge in [0.1, 0.15) is 15.2 Å². The zero-order chi connectivity index (χ0) is 14.8. The summed E-state index contributed by atoms with van der Waals surface area (Å²) in [6.07, 6.45) is 4.00. The molecule has 5 nitrogen and oxygen atoms in total. The van der Waals surface area contributed by atoms with E-state index in [0.717, 1.165) is 11.3 Å². The number of aromatic nitrogens is 2. The van der Waals surface area contributed by atoms with Crippen molar-refractivity contribution in [1.29, 1.82) is 0 Å². The van der Waals surface area contributed by atoms with Gasteiger partial charge >= 0.3 is 0 Å². The van der Waals surface area contributed by atoms with Crippen LogP contribution in [0.1, 0.15) is 33.9 Å². The quantitative estimate of drug-likeness (QED) is 0.774. The zero-order valence-electron chi connectivity index (χ0n) is 11.4. The minimum absolute atomic E-state index is 0.00281. The van der Waals surface area contributed by atoms with Crippen LogP contribution in [0.4, 0.5) is 5.69 Å². The first kappa shape index (κ1) is 14.0. The van der Waals surface area contributed by atoms with Crippen molar-refractivity contribution >= 4 is 44.6 Å². The third-order valence-corrected chi connectivity index (χ3v) is 5.26. The Hall–Kier alpha value is -1.99. The Balaban J connectivity index is 1.88. The number of nitrogens with zero attached hydrogens (tertiary/aromatic N) is 2. The Morgan fingerprint density at radius 1 is 1.43 bits per heavy atom. The van der Waals surface area contributed by atoms with Crippen molar-refractivity contribution in [3.8, 4) is 0 Å². The second kappa shape index (κ2) is 5.79. The van der Waals surface area contributed by atoms with Gasteiger partial charge in [0.05, 0.1) is 11.7 Å². The van der Waals surface area contributed by atoms with Gasteiger partial charge in [0.15, 0.2) is 0 Å². The van der Waals surface area contributed by atoms with Crippen molar-refractivity contribution in [1.82, 2.24) is 15.3 Å². The van der Waals surface area contributed by atoms with E-state index in [2.05, 4.69) is 15.3 Å². The van der Waals surface area contributed by atoms with Gasteiger partial charge in [-0.3, -0.25) is 4.79 Å². The molecule has 0 saturated carbocycles. The number of nitrogens with two attached hydrogens (primary N) is 1. The Kier molecular flexibility index (Phi) is 3.85. The van der Waals surface area contributed by atoms with E-state index in [4.69, 9.17) is 5.73 Å². The van der Waals surface area contributed by atoms with Gasteiger partial charge in [0.2, 0.25) is 0 Å². The van der Waals surface area contributed by atoms with Gasteiger partial charge in [-0.1, -0.05) is 13.0 Å². The fourth-order valence-electron chi connectivity index (χ4n) is 2.10. The average molecular weight is 318 g/mol. The Bertz CT molecular complexity index is 766. The van der Waals surface area contributed by atoms with E-state index >= 15 is 0 Å². The van der Waals surface area contributed by atoms with E-state index in [9.17, 15) is 4.79 Å². The van der Waals surface area contributed by atoms with E-state index in [1.165, 1.54) is 11.3 Å². The van der Waals surface area contributed by atoms with Gasteiger partial charge in [-0.2, -0.15) is 0 Å². The van der Waals surface area contributed by atoms with Crippen LogP contribution in [0.15, 0.2) is 29.9 Å². The minimum Gasteiger partial charge on any atom is -0.396 e. The number of amides is 1. The lowest BCUT2D eigenvalue weighted by Gasteiger charge is -2.14. The van der Waals surface area contributed by atoms with Gasteiger partial charge in [0.25, 0.3) is 5.91 Å². The summed E-state index contributed by atoms with van der Waals surface area (Å²) in [6.45, 7) is 2.04. The number of hydrogen-bond acceptors (Lipinski definition) is 6. The van der Waals surface area contributed by atoms with Crippen LogP contribution in [0, 0.1) is 0 Å². The highest BCUT2D eigenvalue weighted by Gasteiger charge is 2.21. The van der Waals surface area contributed by atoms with Gasteiger partial charge in [-0.05, 0) is 17.9 Å². The molecular weight excluding hydrogens is 304 g/mol. The normalized spacial score (nSPS) is 12.4. The fourth-order valence-corrected chi connectivity index (χ4v) is 3.89. The molecule has 7 heteroatoms. The maximum absolute atomic E-state index is 12.5. The van der Waals surface area contributed by atoms with Crippen molar-refractivity contribution in [2.75, 3.05) is 5.73 Å². The number of anilines is 1. The predicted octanol–water partition coefficient (Wildman–Crippen LogP) is 3.22. The largest absolute Gasteiger partial charge is 0.396 e. The fraction of sp³-hybridized carbons (Fsp3) is 0.214. The lowest BCUT2D eigenvalue weighted by Crippen LogP contribution is -2.27. The number of carbonyl (C=O) groups excluding carboxylic acids is 1. The molecule has 0 aliphatic rings. The van der Waals surface area contributed by atoms with E-state index in [-0.39, 0.29) is 11.9 Å². The molecule has 21 heavy (non-hydrogen) atoms. The minimum atomic E-state index is -0.169. The van der Waals surface area contributed by atoms with Crippen molar-refractivity contribution in [2.24, 2.45) is 0 Å². The first-order chi connectivity index (χ1) is 10.2. The number of hydrogen-bond donors (Lipinski definition) is 2. The van der Waals surface area contributed by atoms with E-state index in [1.54, 1.807) is 23.7 Å². The predicted molar refractivity (Wildman–Crippen MR) is 86.6 cm³/mol. The van der Waals surface area contributed by atoms with Crippen LogP contribution in [-0.4, -0.2) is 15.9 Å². The van der Waals surface area contributed by atoms with E-state index < -0.39 is 0 Å². The third kappa shape index (κ3) is 2.62. The highest BCUT2D eigenvalue weighted by Crippen LogP contribution is 2.31. The van der Waals surface area contributed by atoms with Gasteiger partial charge in [0, 0.05) is 17.3 Å². The van der Waals surface area contributed by atoms with Gasteiger partial charge in [-0.15, -0.1) is 22.7 Å².